The maximum Gasteiger partial charge on any atom is 0.253 e. The summed E-state index contributed by atoms with van der Waals surface area (Å²) in [5.41, 5.74) is 1.63. The lowest BCUT2D eigenvalue weighted by molar-refractivity contribution is -0.134. The van der Waals surface area contributed by atoms with E-state index in [0.717, 1.165) is 12.1 Å². The van der Waals surface area contributed by atoms with Gasteiger partial charge in [-0.05, 0) is 31.5 Å². The lowest BCUT2D eigenvalue weighted by atomic mass is 10.1. The van der Waals surface area contributed by atoms with E-state index in [0.29, 0.717) is 38.3 Å². The van der Waals surface area contributed by atoms with Gasteiger partial charge in [0.25, 0.3) is 11.8 Å². The van der Waals surface area contributed by atoms with Crippen molar-refractivity contribution in [3.8, 4) is 0 Å². The first-order chi connectivity index (χ1) is 11.2. The second-order valence-electron chi connectivity index (χ2n) is 5.46. The van der Waals surface area contributed by atoms with Crippen LogP contribution < -0.4 is 10.6 Å². The zero-order valence-electron chi connectivity index (χ0n) is 13.8. The van der Waals surface area contributed by atoms with E-state index in [1.165, 1.54) is 0 Å². The van der Waals surface area contributed by atoms with Crippen molar-refractivity contribution >= 4 is 11.8 Å². The van der Waals surface area contributed by atoms with Gasteiger partial charge in [-0.3, -0.25) is 9.59 Å². The van der Waals surface area contributed by atoms with Gasteiger partial charge in [-0.1, -0.05) is 12.1 Å². The minimum Gasteiger partial charge on any atom is -0.366 e. The van der Waals surface area contributed by atoms with Crippen LogP contribution in [0.3, 0.4) is 0 Å². The summed E-state index contributed by atoms with van der Waals surface area (Å²) in [5, 5.41) is 5.99. The summed E-state index contributed by atoms with van der Waals surface area (Å²) in [7, 11) is 0. The van der Waals surface area contributed by atoms with Crippen molar-refractivity contribution in [2.75, 3.05) is 32.8 Å². The molecule has 1 unspecified atom stereocenters. The maximum atomic E-state index is 12.2. The number of amides is 2. The lowest BCUT2D eigenvalue weighted by Crippen LogP contribution is -2.47. The number of hydrogen-bond acceptors (Lipinski definition) is 4. The Balaban J connectivity index is 1.87. The summed E-state index contributed by atoms with van der Waals surface area (Å²) in [6.07, 6.45) is -0.424. The average Bonchev–Trinajstić information content (AvgIpc) is 2.61. The Morgan fingerprint density at radius 1 is 1.26 bits per heavy atom. The SMILES string of the molecule is CCN(CC)C(=O)c1ccc(CNC(=O)C2CNCCO2)cc1. The summed E-state index contributed by atoms with van der Waals surface area (Å²) >= 11 is 0. The van der Waals surface area contributed by atoms with Crippen molar-refractivity contribution in [3.63, 3.8) is 0 Å². The fraction of sp³-hybridized carbons (Fsp3) is 0.529. The molecule has 1 saturated heterocycles. The minimum absolute atomic E-state index is 0.0345. The Morgan fingerprint density at radius 2 is 1.96 bits per heavy atom. The van der Waals surface area contributed by atoms with Crippen molar-refractivity contribution in [3.05, 3.63) is 35.4 Å². The quantitative estimate of drug-likeness (QED) is 0.813. The van der Waals surface area contributed by atoms with Crippen molar-refractivity contribution in [2.45, 2.75) is 26.5 Å². The summed E-state index contributed by atoms with van der Waals surface area (Å²) in [6, 6.07) is 7.36. The first-order valence-corrected chi connectivity index (χ1v) is 8.14. The number of carbonyl (C=O) groups is 2. The van der Waals surface area contributed by atoms with Crippen LogP contribution >= 0.6 is 0 Å². The van der Waals surface area contributed by atoms with Gasteiger partial charge in [0.2, 0.25) is 0 Å². The van der Waals surface area contributed by atoms with Crippen LogP contribution in [0.4, 0.5) is 0 Å². The van der Waals surface area contributed by atoms with Crippen LogP contribution in [0.25, 0.3) is 0 Å². The fourth-order valence-electron chi connectivity index (χ4n) is 2.50. The number of ether oxygens (including phenoxy) is 1. The third-order valence-electron chi connectivity index (χ3n) is 3.94. The number of morpholine rings is 1. The van der Waals surface area contributed by atoms with Gasteiger partial charge < -0.3 is 20.3 Å². The molecule has 0 spiro atoms. The second-order valence-corrected chi connectivity index (χ2v) is 5.46. The monoisotopic (exact) mass is 319 g/mol. The second kappa shape index (κ2) is 8.64. The van der Waals surface area contributed by atoms with E-state index in [1.807, 2.05) is 26.0 Å². The standard InChI is InChI=1S/C17H25N3O3/c1-3-20(4-2)17(22)14-7-5-13(6-8-14)11-19-16(21)15-12-18-9-10-23-15/h5-8,15,18H,3-4,9-12H2,1-2H3,(H,19,21). The lowest BCUT2D eigenvalue weighted by Gasteiger charge is -2.22. The summed E-state index contributed by atoms with van der Waals surface area (Å²) < 4.78 is 5.41. The van der Waals surface area contributed by atoms with E-state index in [4.69, 9.17) is 4.74 Å². The third kappa shape index (κ3) is 4.77. The molecule has 0 aromatic heterocycles. The number of benzene rings is 1. The van der Waals surface area contributed by atoms with Crippen LogP contribution in [0, 0.1) is 0 Å². The van der Waals surface area contributed by atoms with E-state index in [1.54, 1.807) is 17.0 Å². The van der Waals surface area contributed by atoms with Crippen molar-refractivity contribution < 1.29 is 14.3 Å². The molecular formula is C17H25N3O3. The number of nitrogens with one attached hydrogen (secondary N) is 2. The van der Waals surface area contributed by atoms with E-state index in [-0.39, 0.29) is 11.8 Å². The highest BCUT2D eigenvalue weighted by atomic mass is 16.5. The van der Waals surface area contributed by atoms with Gasteiger partial charge in [-0.2, -0.15) is 0 Å². The first kappa shape index (κ1) is 17.4. The number of carbonyl (C=O) groups excluding carboxylic acids is 2. The van der Waals surface area contributed by atoms with Gasteiger partial charge in [0.05, 0.1) is 6.61 Å². The first-order valence-electron chi connectivity index (χ1n) is 8.14. The largest absolute Gasteiger partial charge is 0.366 e. The molecular weight excluding hydrogens is 294 g/mol. The van der Waals surface area contributed by atoms with E-state index in [2.05, 4.69) is 10.6 Å². The van der Waals surface area contributed by atoms with Gasteiger partial charge >= 0.3 is 0 Å². The predicted molar refractivity (Wildman–Crippen MR) is 88.1 cm³/mol. The van der Waals surface area contributed by atoms with Crippen LogP contribution in [0.2, 0.25) is 0 Å². The highest BCUT2D eigenvalue weighted by Crippen LogP contribution is 2.08. The Kier molecular flexibility index (Phi) is 6.55. The van der Waals surface area contributed by atoms with E-state index >= 15 is 0 Å². The molecule has 1 heterocycles. The maximum absolute atomic E-state index is 12.2. The van der Waals surface area contributed by atoms with E-state index < -0.39 is 6.10 Å². The molecule has 23 heavy (non-hydrogen) atoms. The zero-order chi connectivity index (χ0) is 16.7. The molecule has 1 atom stereocenters. The molecule has 0 aliphatic carbocycles. The summed E-state index contributed by atoms with van der Waals surface area (Å²) in [4.78, 5) is 26.0. The van der Waals surface area contributed by atoms with Crippen LogP contribution in [-0.2, 0) is 16.1 Å². The van der Waals surface area contributed by atoms with Crippen LogP contribution in [0.15, 0.2) is 24.3 Å². The van der Waals surface area contributed by atoms with Crippen LogP contribution in [0.5, 0.6) is 0 Å². The molecule has 0 saturated carbocycles. The molecule has 1 aliphatic rings. The fourth-order valence-corrected chi connectivity index (χ4v) is 2.50. The summed E-state index contributed by atoms with van der Waals surface area (Å²) in [5.74, 6) is -0.0761. The number of rotatable bonds is 6. The molecule has 0 bridgehead atoms. The van der Waals surface area contributed by atoms with Gasteiger partial charge in [0.15, 0.2) is 0 Å². The van der Waals surface area contributed by atoms with Crippen molar-refractivity contribution in [1.29, 1.82) is 0 Å². The topological polar surface area (TPSA) is 70.7 Å². The normalized spacial score (nSPS) is 17.6. The molecule has 1 aromatic rings. The van der Waals surface area contributed by atoms with E-state index in [9.17, 15) is 9.59 Å². The Morgan fingerprint density at radius 3 is 2.52 bits per heavy atom. The zero-order valence-corrected chi connectivity index (χ0v) is 13.8. The third-order valence-corrected chi connectivity index (χ3v) is 3.94. The predicted octanol–water partition coefficient (Wildman–Crippen LogP) is 0.773. The molecule has 2 rings (SSSR count). The minimum atomic E-state index is -0.424. The Hall–Kier alpha value is -1.92. The van der Waals surface area contributed by atoms with Crippen molar-refractivity contribution in [1.82, 2.24) is 15.5 Å². The highest BCUT2D eigenvalue weighted by molar-refractivity contribution is 5.94. The molecule has 1 aliphatic heterocycles. The van der Waals surface area contributed by atoms with Gasteiger partial charge in [0, 0.05) is 38.3 Å². The number of hydrogen-bond donors (Lipinski definition) is 2. The molecule has 2 N–H and O–H groups in total. The molecule has 126 valence electrons. The van der Waals surface area contributed by atoms with Gasteiger partial charge in [-0.15, -0.1) is 0 Å². The molecule has 6 heteroatoms. The summed E-state index contributed by atoms with van der Waals surface area (Å²) in [6.45, 7) is 7.64. The molecule has 6 nitrogen and oxygen atoms in total. The number of nitrogens with zero attached hydrogens (tertiary/aromatic N) is 1. The van der Waals surface area contributed by atoms with Gasteiger partial charge in [-0.25, -0.2) is 0 Å². The molecule has 2 amide bonds. The molecule has 1 aromatic carbocycles. The smallest absolute Gasteiger partial charge is 0.253 e. The molecule has 1 fully saturated rings. The van der Waals surface area contributed by atoms with Crippen LogP contribution in [0.1, 0.15) is 29.8 Å². The van der Waals surface area contributed by atoms with Gasteiger partial charge in [0.1, 0.15) is 6.10 Å². The van der Waals surface area contributed by atoms with Crippen molar-refractivity contribution in [2.24, 2.45) is 0 Å². The molecule has 0 radical (unpaired) electrons. The highest BCUT2D eigenvalue weighted by Gasteiger charge is 2.21. The Labute approximate surface area is 137 Å². The van der Waals surface area contributed by atoms with Crippen LogP contribution in [-0.4, -0.2) is 55.6 Å². The Bertz CT molecular complexity index is 520. The average molecular weight is 319 g/mol.